The predicted octanol–water partition coefficient (Wildman–Crippen LogP) is 1.98. The van der Waals surface area contributed by atoms with E-state index in [1.807, 2.05) is 4.57 Å². The molecule has 3 rings (SSSR count). The van der Waals surface area contributed by atoms with Gasteiger partial charge in [-0.1, -0.05) is 0 Å². The SMILES string of the molecule is COc1cc2c(cc1F)nc(CCl)n2C1CNC(=O)C1. The Morgan fingerprint density at radius 2 is 2.40 bits per heavy atom. The number of hydrogen-bond donors (Lipinski definition) is 1. The summed E-state index contributed by atoms with van der Waals surface area (Å²) in [4.78, 5) is 15.7. The summed E-state index contributed by atoms with van der Waals surface area (Å²) in [7, 11) is 1.41. The average molecular weight is 298 g/mol. The van der Waals surface area contributed by atoms with Gasteiger partial charge in [-0.3, -0.25) is 4.79 Å². The van der Waals surface area contributed by atoms with Crippen molar-refractivity contribution in [1.29, 1.82) is 0 Å². The Hall–Kier alpha value is -1.82. The van der Waals surface area contributed by atoms with Gasteiger partial charge in [0.1, 0.15) is 5.82 Å². The molecule has 1 atom stereocenters. The van der Waals surface area contributed by atoms with Crippen molar-refractivity contribution >= 4 is 28.5 Å². The summed E-state index contributed by atoms with van der Waals surface area (Å²) in [6, 6.07) is 2.86. The fourth-order valence-corrected chi connectivity index (χ4v) is 2.77. The molecule has 0 saturated carbocycles. The highest BCUT2D eigenvalue weighted by molar-refractivity contribution is 6.16. The number of halogens is 2. The molecule has 106 valence electrons. The molecule has 1 unspecified atom stereocenters. The number of rotatable bonds is 3. The first kappa shape index (κ1) is 13.2. The molecule has 1 amide bonds. The van der Waals surface area contributed by atoms with Crippen LogP contribution in [0.3, 0.4) is 0 Å². The third kappa shape index (κ3) is 2.00. The van der Waals surface area contributed by atoms with Gasteiger partial charge in [-0.25, -0.2) is 9.37 Å². The number of imidazole rings is 1. The number of nitrogens with zero attached hydrogens (tertiary/aromatic N) is 2. The van der Waals surface area contributed by atoms with E-state index in [1.165, 1.54) is 13.2 Å². The van der Waals surface area contributed by atoms with Gasteiger partial charge < -0.3 is 14.6 Å². The van der Waals surface area contributed by atoms with Crippen LogP contribution in [-0.4, -0.2) is 29.1 Å². The van der Waals surface area contributed by atoms with Crippen LogP contribution in [0.4, 0.5) is 4.39 Å². The zero-order valence-electron chi connectivity index (χ0n) is 10.8. The van der Waals surface area contributed by atoms with Crippen molar-refractivity contribution in [2.24, 2.45) is 0 Å². The van der Waals surface area contributed by atoms with E-state index >= 15 is 0 Å². The number of nitrogens with one attached hydrogen (secondary N) is 1. The van der Waals surface area contributed by atoms with Crippen molar-refractivity contribution in [2.45, 2.75) is 18.3 Å². The Morgan fingerprint density at radius 3 is 3.00 bits per heavy atom. The molecule has 1 N–H and O–H groups in total. The van der Waals surface area contributed by atoms with E-state index in [2.05, 4.69) is 10.3 Å². The molecule has 1 aliphatic heterocycles. The molecule has 1 aromatic heterocycles. The first-order chi connectivity index (χ1) is 9.63. The molecule has 0 spiro atoms. The number of hydrogen-bond acceptors (Lipinski definition) is 3. The molecule has 5 nitrogen and oxygen atoms in total. The van der Waals surface area contributed by atoms with Crippen LogP contribution >= 0.6 is 11.6 Å². The Balaban J connectivity index is 2.19. The number of carbonyl (C=O) groups excluding carboxylic acids is 1. The molecule has 0 aliphatic carbocycles. The van der Waals surface area contributed by atoms with Crippen molar-refractivity contribution in [2.75, 3.05) is 13.7 Å². The molecular formula is C13H13ClFN3O2. The van der Waals surface area contributed by atoms with E-state index in [0.29, 0.717) is 24.3 Å². The maximum absolute atomic E-state index is 13.7. The Morgan fingerprint density at radius 1 is 1.60 bits per heavy atom. The Labute approximate surface area is 119 Å². The van der Waals surface area contributed by atoms with Crippen LogP contribution in [0.25, 0.3) is 11.0 Å². The highest BCUT2D eigenvalue weighted by Gasteiger charge is 2.27. The number of fused-ring (bicyclic) bond motifs is 1. The molecule has 0 bridgehead atoms. The standard InChI is InChI=1S/C13H13ClFN3O2/c1-20-11-4-10-9(3-8(11)15)17-12(5-14)18(10)7-2-13(19)16-6-7/h3-4,7H,2,5-6H2,1H3,(H,16,19). The number of amides is 1. The number of ether oxygens (including phenoxy) is 1. The van der Waals surface area contributed by atoms with Crippen LogP contribution < -0.4 is 10.1 Å². The van der Waals surface area contributed by atoms with E-state index in [0.717, 1.165) is 5.52 Å². The zero-order chi connectivity index (χ0) is 14.3. The summed E-state index contributed by atoms with van der Waals surface area (Å²) in [6.07, 6.45) is 0.370. The summed E-state index contributed by atoms with van der Waals surface area (Å²) in [6.45, 7) is 0.522. The second-order valence-corrected chi connectivity index (χ2v) is 4.94. The van der Waals surface area contributed by atoms with E-state index in [-0.39, 0.29) is 23.6 Å². The normalized spacial score (nSPS) is 18.6. The minimum absolute atomic E-state index is 0.00792. The van der Waals surface area contributed by atoms with Gasteiger partial charge in [-0.05, 0) is 0 Å². The van der Waals surface area contributed by atoms with Gasteiger partial charge >= 0.3 is 0 Å². The Bertz CT molecular complexity index is 686. The fourth-order valence-electron chi connectivity index (χ4n) is 2.58. The minimum Gasteiger partial charge on any atom is -0.494 e. The van der Waals surface area contributed by atoms with Crippen LogP contribution in [0.1, 0.15) is 18.3 Å². The van der Waals surface area contributed by atoms with Gasteiger partial charge in [0, 0.05) is 25.1 Å². The summed E-state index contributed by atoms with van der Waals surface area (Å²) in [5, 5.41) is 2.78. The van der Waals surface area contributed by atoms with Crippen molar-refractivity contribution < 1.29 is 13.9 Å². The van der Waals surface area contributed by atoms with Crippen LogP contribution in [0.5, 0.6) is 5.75 Å². The summed E-state index contributed by atoms with van der Waals surface area (Å²) < 4.78 is 20.6. The number of benzene rings is 1. The lowest BCUT2D eigenvalue weighted by Crippen LogP contribution is -2.16. The monoisotopic (exact) mass is 297 g/mol. The minimum atomic E-state index is -0.466. The Kier molecular flexibility index (Phi) is 3.25. The molecule has 2 heterocycles. The van der Waals surface area contributed by atoms with E-state index in [4.69, 9.17) is 16.3 Å². The van der Waals surface area contributed by atoms with E-state index in [1.54, 1.807) is 6.07 Å². The second kappa shape index (κ2) is 4.94. The number of carbonyl (C=O) groups is 1. The quantitative estimate of drug-likeness (QED) is 0.882. The molecule has 1 aliphatic rings. The van der Waals surface area contributed by atoms with Crippen molar-refractivity contribution in [3.05, 3.63) is 23.8 Å². The predicted molar refractivity (Wildman–Crippen MR) is 72.5 cm³/mol. The van der Waals surface area contributed by atoms with Gasteiger partial charge in [0.25, 0.3) is 0 Å². The summed E-state index contributed by atoms with van der Waals surface area (Å²) >= 11 is 5.92. The lowest BCUT2D eigenvalue weighted by molar-refractivity contribution is -0.119. The van der Waals surface area contributed by atoms with Crippen molar-refractivity contribution in [3.8, 4) is 5.75 Å². The first-order valence-corrected chi connectivity index (χ1v) is 6.74. The lowest BCUT2D eigenvalue weighted by atomic mass is 10.2. The lowest BCUT2D eigenvalue weighted by Gasteiger charge is -2.14. The zero-order valence-corrected chi connectivity index (χ0v) is 11.6. The molecule has 2 aromatic rings. The fraction of sp³-hybridized carbons (Fsp3) is 0.385. The summed E-state index contributed by atoms with van der Waals surface area (Å²) in [5.74, 6) is 0.495. The number of methoxy groups -OCH3 is 1. The van der Waals surface area contributed by atoms with E-state index < -0.39 is 5.82 Å². The van der Waals surface area contributed by atoms with Gasteiger partial charge in [-0.2, -0.15) is 0 Å². The molecule has 7 heteroatoms. The van der Waals surface area contributed by atoms with Gasteiger partial charge in [0.05, 0.1) is 30.1 Å². The average Bonchev–Trinajstić information content (AvgIpc) is 3.00. The maximum Gasteiger partial charge on any atom is 0.222 e. The third-order valence-electron chi connectivity index (χ3n) is 3.48. The molecule has 1 aromatic carbocycles. The van der Waals surface area contributed by atoms with Crippen LogP contribution in [0.2, 0.25) is 0 Å². The van der Waals surface area contributed by atoms with Crippen LogP contribution in [-0.2, 0) is 10.7 Å². The van der Waals surface area contributed by atoms with Crippen molar-refractivity contribution in [3.63, 3.8) is 0 Å². The molecule has 1 saturated heterocycles. The summed E-state index contributed by atoms with van der Waals surface area (Å²) in [5.41, 5.74) is 1.23. The van der Waals surface area contributed by atoms with Gasteiger partial charge in [0.15, 0.2) is 11.6 Å². The molecule has 1 fully saturated rings. The first-order valence-electron chi connectivity index (χ1n) is 6.21. The number of alkyl halides is 1. The molecule has 20 heavy (non-hydrogen) atoms. The molecular weight excluding hydrogens is 285 g/mol. The highest BCUT2D eigenvalue weighted by atomic mass is 35.5. The number of aromatic nitrogens is 2. The smallest absolute Gasteiger partial charge is 0.222 e. The second-order valence-electron chi connectivity index (χ2n) is 4.67. The van der Waals surface area contributed by atoms with Crippen LogP contribution in [0, 0.1) is 5.82 Å². The van der Waals surface area contributed by atoms with Gasteiger partial charge in [-0.15, -0.1) is 11.6 Å². The largest absolute Gasteiger partial charge is 0.494 e. The van der Waals surface area contributed by atoms with E-state index in [9.17, 15) is 9.18 Å². The highest BCUT2D eigenvalue weighted by Crippen LogP contribution is 2.30. The maximum atomic E-state index is 13.7. The van der Waals surface area contributed by atoms with Crippen LogP contribution in [0.15, 0.2) is 12.1 Å². The topological polar surface area (TPSA) is 56.1 Å². The van der Waals surface area contributed by atoms with Gasteiger partial charge in [0.2, 0.25) is 5.91 Å². The van der Waals surface area contributed by atoms with Crippen molar-refractivity contribution in [1.82, 2.24) is 14.9 Å². The molecule has 0 radical (unpaired) electrons. The third-order valence-corrected chi connectivity index (χ3v) is 3.72.